The van der Waals surface area contributed by atoms with Gasteiger partial charge in [-0.05, 0) is 37.1 Å². The Morgan fingerprint density at radius 1 is 1.25 bits per heavy atom. The van der Waals surface area contributed by atoms with Crippen LogP contribution in [0.15, 0.2) is 16.6 Å². The summed E-state index contributed by atoms with van der Waals surface area (Å²) in [4.78, 5) is 0. The second-order valence-electron chi connectivity index (χ2n) is 4.90. The maximum absolute atomic E-state index is 12.0. The molecule has 1 aliphatic rings. The average molecular weight is 352 g/mol. The van der Waals surface area contributed by atoms with Crippen LogP contribution in [0, 0.1) is 0 Å². The van der Waals surface area contributed by atoms with Crippen LogP contribution in [-0.4, -0.2) is 19.3 Å². The molecule has 6 heteroatoms. The first-order chi connectivity index (χ1) is 9.46. The molecular weight excluding hydrogens is 335 g/mol. The fourth-order valence-electron chi connectivity index (χ4n) is 2.28. The lowest BCUT2D eigenvalue weighted by atomic mass is 10.1. The van der Waals surface area contributed by atoms with Gasteiger partial charge in [-0.15, -0.1) is 0 Å². The Morgan fingerprint density at radius 2 is 2.05 bits per heavy atom. The number of halogens is 4. The van der Waals surface area contributed by atoms with Crippen LogP contribution in [0.4, 0.5) is 13.2 Å². The lowest BCUT2D eigenvalue weighted by Gasteiger charge is -2.10. The van der Waals surface area contributed by atoms with Crippen LogP contribution in [0.3, 0.4) is 0 Å². The van der Waals surface area contributed by atoms with E-state index in [9.17, 15) is 13.2 Å². The Labute approximate surface area is 124 Å². The van der Waals surface area contributed by atoms with Gasteiger partial charge in [-0.2, -0.15) is 13.2 Å². The third-order valence-electron chi connectivity index (χ3n) is 3.20. The summed E-state index contributed by atoms with van der Waals surface area (Å²) in [5.74, 6) is 0.927. The molecule has 1 aromatic rings. The van der Waals surface area contributed by atoms with Crippen molar-refractivity contribution in [2.24, 2.45) is 0 Å². The summed E-state index contributed by atoms with van der Waals surface area (Å²) >= 11 is 3.46. The molecule has 1 heterocycles. The van der Waals surface area contributed by atoms with Crippen LogP contribution in [-0.2, 0) is 13.0 Å². The Balaban J connectivity index is 1.75. The van der Waals surface area contributed by atoms with Gasteiger partial charge in [0, 0.05) is 29.4 Å². The molecule has 2 rings (SSSR count). The molecule has 1 aromatic carbocycles. The van der Waals surface area contributed by atoms with Crippen LogP contribution < -0.4 is 10.1 Å². The van der Waals surface area contributed by atoms with Crippen molar-refractivity contribution >= 4 is 15.9 Å². The van der Waals surface area contributed by atoms with Gasteiger partial charge in [0.25, 0.3) is 0 Å². The minimum atomic E-state index is -4.04. The van der Waals surface area contributed by atoms with E-state index in [0.29, 0.717) is 26.1 Å². The highest BCUT2D eigenvalue weighted by atomic mass is 79.9. The highest BCUT2D eigenvalue weighted by Gasteiger charge is 2.25. The molecule has 0 fully saturated rings. The van der Waals surface area contributed by atoms with Gasteiger partial charge in [-0.1, -0.05) is 15.9 Å². The molecule has 112 valence electrons. The standard InChI is InChI=1S/C14H17BrF3NO/c15-12-7-10-3-6-20-13(10)11(8-12)9-19-5-2-1-4-14(16,17)18/h7-8,19H,1-6,9H2. The van der Waals surface area contributed by atoms with Gasteiger partial charge >= 0.3 is 6.18 Å². The molecule has 1 aliphatic heterocycles. The van der Waals surface area contributed by atoms with E-state index in [1.54, 1.807) is 0 Å². The third kappa shape index (κ3) is 4.66. The molecule has 0 saturated heterocycles. The molecule has 0 unspecified atom stereocenters. The summed E-state index contributed by atoms with van der Waals surface area (Å²) in [6.07, 6.45) is -3.14. The first kappa shape index (κ1) is 15.6. The maximum Gasteiger partial charge on any atom is 0.389 e. The van der Waals surface area contributed by atoms with E-state index in [1.807, 2.05) is 6.07 Å². The van der Waals surface area contributed by atoms with Crippen molar-refractivity contribution in [1.29, 1.82) is 0 Å². The summed E-state index contributed by atoms with van der Waals surface area (Å²) in [5, 5.41) is 3.18. The van der Waals surface area contributed by atoms with Crippen molar-refractivity contribution in [2.75, 3.05) is 13.2 Å². The van der Waals surface area contributed by atoms with E-state index in [1.165, 1.54) is 5.56 Å². The number of hydrogen-bond acceptors (Lipinski definition) is 2. The van der Waals surface area contributed by atoms with E-state index in [4.69, 9.17) is 4.74 Å². The predicted octanol–water partition coefficient (Wildman–Crippen LogP) is 4.21. The van der Waals surface area contributed by atoms with E-state index < -0.39 is 12.6 Å². The van der Waals surface area contributed by atoms with Gasteiger partial charge in [-0.3, -0.25) is 0 Å². The van der Waals surface area contributed by atoms with Crippen molar-refractivity contribution < 1.29 is 17.9 Å². The molecule has 0 spiro atoms. The van der Waals surface area contributed by atoms with E-state index in [-0.39, 0.29) is 6.42 Å². The maximum atomic E-state index is 12.0. The smallest absolute Gasteiger partial charge is 0.389 e. The quantitative estimate of drug-likeness (QED) is 0.775. The van der Waals surface area contributed by atoms with E-state index >= 15 is 0 Å². The zero-order valence-corrected chi connectivity index (χ0v) is 12.6. The molecule has 20 heavy (non-hydrogen) atoms. The van der Waals surface area contributed by atoms with Crippen LogP contribution in [0.25, 0.3) is 0 Å². The fraction of sp³-hybridized carbons (Fsp3) is 0.571. The monoisotopic (exact) mass is 351 g/mol. The van der Waals surface area contributed by atoms with Crippen molar-refractivity contribution in [3.05, 3.63) is 27.7 Å². The number of rotatable bonds is 6. The van der Waals surface area contributed by atoms with Crippen LogP contribution in [0.1, 0.15) is 30.4 Å². The zero-order chi connectivity index (χ0) is 14.6. The first-order valence-electron chi connectivity index (χ1n) is 6.67. The molecular formula is C14H17BrF3NO. The van der Waals surface area contributed by atoms with Crippen molar-refractivity contribution in [1.82, 2.24) is 5.32 Å². The van der Waals surface area contributed by atoms with Crippen molar-refractivity contribution in [2.45, 2.75) is 38.4 Å². The number of benzene rings is 1. The first-order valence-corrected chi connectivity index (χ1v) is 7.46. The zero-order valence-electron chi connectivity index (χ0n) is 11.0. The minimum Gasteiger partial charge on any atom is -0.493 e. The van der Waals surface area contributed by atoms with Crippen LogP contribution in [0.2, 0.25) is 0 Å². The lowest BCUT2D eigenvalue weighted by molar-refractivity contribution is -0.135. The SMILES string of the molecule is FC(F)(F)CCCCNCc1cc(Br)cc2c1OCC2. The summed E-state index contributed by atoms with van der Waals surface area (Å²) in [7, 11) is 0. The number of fused-ring (bicyclic) bond motifs is 1. The number of ether oxygens (including phenoxy) is 1. The number of alkyl halides is 3. The fourth-order valence-corrected chi connectivity index (χ4v) is 2.83. The molecule has 0 radical (unpaired) electrons. The molecule has 0 amide bonds. The van der Waals surface area contributed by atoms with Gasteiger partial charge in [0.05, 0.1) is 6.61 Å². The highest BCUT2D eigenvalue weighted by Crippen LogP contribution is 2.32. The van der Waals surface area contributed by atoms with Gasteiger partial charge in [0.2, 0.25) is 0 Å². The van der Waals surface area contributed by atoms with Crippen molar-refractivity contribution in [3.63, 3.8) is 0 Å². The summed E-state index contributed by atoms with van der Waals surface area (Å²) in [6.45, 7) is 1.90. The predicted molar refractivity (Wildman–Crippen MR) is 75.0 cm³/mol. The third-order valence-corrected chi connectivity index (χ3v) is 3.66. The summed E-state index contributed by atoms with van der Waals surface area (Å²) in [5.41, 5.74) is 2.25. The lowest BCUT2D eigenvalue weighted by Crippen LogP contribution is -2.16. The molecule has 0 aromatic heterocycles. The van der Waals surface area contributed by atoms with E-state index in [0.717, 1.165) is 22.2 Å². The summed E-state index contributed by atoms with van der Waals surface area (Å²) < 4.78 is 42.6. The highest BCUT2D eigenvalue weighted by molar-refractivity contribution is 9.10. The van der Waals surface area contributed by atoms with Crippen LogP contribution >= 0.6 is 15.9 Å². The number of hydrogen-bond donors (Lipinski definition) is 1. The Bertz CT molecular complexity index is 462. The van der Waals surface area contributed by atoms with Gasteiger partial charge in [0.1, 0.15) is 5.75 Å². The number of unbranched alkanes of at least 4 members (excludes halogenated alkanes) is 1. The normalized spacial score (nSPS) is 14.2. The summed E-state index contributed by atoms with van der Waals surface area (Å²) in [6, 6.07) is 4.04. The molecule has 0 atom stereocenters. The molecule has 0 aliphatic carbocycles. The topological polar surface area (TPSA) is 21.3 Å². The second-order valence-corrected chi connectivity index (χ2v) is 5.82. The Morgan fingerprint density at radius 3 is 2.80 bits per heavy atom. The molecule has 0 bridgehead atoms. The molecule has 1 N–H and O–H groups in total. The molecule has 0 saturated carbocycles. The van der Waals surface area contributed by atoms with Gasteiger partial charge < -0.3 is 10.1 Å². The van der Waals surface area contributed by atoms with E-state index in [2.05, 4.69) is 27.3 Å². The van der Waals surface area contributed by atoms with Crippen LogP contribution in [0.5, 0.6) is 5.75 Å². The Kier molecular flexibility index (Phi) is 5.32. The molecule has 2 nitrogen and oxygen atoms in total. The van der Waals surface area contributed by atoms with Gasteiger partial charge in [-0.25, -0.2) is 0 Å². The second kappa shape index (κ2) is 6.80. The minimum absolute atomic E-state index is 0.170. The largest absolute Gasteiger partial charge is 0.493 e. The Hall–Kier alpha value is -0.750. The van der Waals surface area contributed by atoms with Gasteiger partial charge in [0.15, 0.2) is 0 Å². The van der Waals surface area contributed by atoms with Crippen molar-refractivity contribution in [3.8, 4) is 5.75 Å². The number of nitrogens with one attached hydrogen (secondary N) is 1. The average Bonchev–Trinajstić information content (AvgIpc) is 2.79.